The predicted octanol–water partition coefficient (Wildman–Crippen LogP) is 3.26. The van der Waals surface area contributed by atoms with E-state index >= 15 is 0 Å². The van der Waals surface area contributed by atoms with Crippen molar-refractivity contribution in [3.05, 3.63) is 30.0 Å². The number of nitrogens with zero attached hydrogens (tertiary/aromatic N) is 1. The number of carbonyl (C=O) groups excluding carboxylic acids is 1. The van der Waals surface area contributed by atoms with Crippen LogP contribution in [0.4, 0.5) is 0 Å². The van der Waals surface area contributed by atoms with E-state index < -0.39 is 0 Å². The third kappa shape index (κ3) is 2.42. The first-order chi connectivity index (χ1) is 9.72. The van der Waals surface area contributed by atoms with Gasteiger partial charge in [0.1, 0.15) is 0 Å². The monoisotopic (exact) mass is 271 g/mol. The molecule has 1 fully saturated rings. The molecule has 0 saturated heterocycles. The summed E-state index contributed by atoms with van der Waals surface area (Å²) in [6.45, 7) is 3.03. The molecule has 0 aliphatic heterocycles. The molecule has 4 nitrogen and oxygen atoms in total. The molecule has 4 heteroatoms. The third-order valence-corrected chi connectivity index (χ3v) is 4.74. The number of hydrogen-bond acceptors (Lipinski definition) is 2. The predicted molar refractivity (Wildman–Crippen MR) is 79.6 cm³/mol. The fraction of sp³-hybridized carbons (Fsp3) is 0.500. The molecule has 0 unspecified atom stereocenters. The Hall–Kier alpha value is -1.84. The Morgan fingerprint density at radius 2 is 2.20 bits per heavy atom. The summed E-state index contributed by atoms with van der Waals surface area (Å²) in [6, 6.07) is 5.66. The lowest BCUT2D eigenvalue weighted by Crippen LogP contribution is -2.35. The second kappa shape index (κ2) is 5.27. The van der Waals surface area contributed by atoms with Gasteiger partial charge in [-0.15, -0.1) is 0 Å². The fourth-order valence-corrected chi connectivity index (χ4v) is 3.23. The second-order valence-corrected chi connectivity index (χ2v) is 5.92. The van der Waals surface area contributed by atoms with Gasteiger partial charge in [-0.05, 0) is 36.8 Å². The molecule has 1 aromatic carbocycles. The molecule has 0 spiro atoms. The van der Waals surface area contributed by atoms with Crippen LogP contribution in [0.5, 0.6) is 0 Å². The highest BCUT2D eigenvalue weighted by molar-refractivity contribution is 5.97. The average Bonchev–Trinajstić information content (AvgIpc) is 3.13. The van der Waals surface area contributed by atoms with E-state index in [1.165, 1.54) is 25.7 Å². The summed E-state index contributed by atoms with van der Waals surface area (Å²) in [7, 11) is 0. The molecule has 1 amide bonds. The Kier molecular flexibility index (Phi) is 3.47. The van der Waals surface area contributed by atoms with Gasteiger partial charge in [-0.2, -0.15) is 5.10 Å². The average molecular weight is 271 g/mol. The van der Waals surface area contributed by atoms with Crippen molar-refractivity contribution in [1.82, 2.24) is 15.5 Å². The normalized spacial score (nSPS) is 17.4. The van der Waals surface area contributed by atoms with Gasteiger partial charge in [-0.25, -0.2) is 0 Å². The summed E-state index contributed by atoms with van der Waals surface area (Å²) >= 11 is 0. The molecule has 2 N–H and O–H groups in total. The lowest BCUT2D eigenvalue weighted by molar-refractivity contribution is 0.0929. The number of aromatic amines is 1. The van der Waals surface area contributed by atoms with Gasteiger partial charge in [0.05, 0.1) is 11.7 Å². The number of nitrogens with one attached hydrogen (secondary N) is 2. The van der Waals surface area contributed by atoms with E-state index in [1.54, 1.807) is 6.20 Å². The maximum Gasteiger partial charge on any atom is 0.251 e. The Balaban J connectivity index is 1.69. The number of aromatic nitrogens is 2. The summed E-state index contributed by atoms with van der Waals surface area (Å²) in [6.07, 6.45) is 7.98. The van der Waals surface area contributed by atoms with E-state index in [9.17, 15) is 4.79 Å². The standard InChI is InChI=1S/C16H21N3O/c1-2-16(7-3-4-8-16)11-17-15(20)12-5-6-13-10-18-19-14(13)9-12/h5-6,9-10H,2-4,7-8,11H2,1H3,(H,17,20)(H,18,19). The van der Waals surface area contributed by atoms with Gasteiger partial charge in [0, 0.05) is 17.5 Å². The zero-order valence-electron chi connectivity index (χ0n) is 11.9. The topological polar surface area (TPSA) is 57.8 Å². The van der Waals surface area contributed by atoms with E-state index in [0.717, 1.165) is 23.9 Å². The largest absolute Gasteiger partial charge is 0.351 e. The Bertz CT molecular complexity index is 611. The van der Waals surface area contributed by atoms with Crippen LogP contribution < -0.4 is 5.32 Å². The number of amides is 1. The van der Waals surface area contributed by atoms with E-state index in [4.69, 9.17) is 0 Å². The number of hydrogen-bond donors (Lipinski definition) is 2. The van der Waals surface area contributed by atoms with Gasteiger partial charge in [-0.3, -0.25) is 9.89 Å². The van der Waals surface area contributed by atoms with Crippen LogP contribution in [-0.4, -0.2) is 22.6 Å². The van der Waals surface area contributed by atoms with Crippen molar-refractivity contribution in [3.8, 4) is 0 Å². The van der Waals surface area contributed by atoms with Crippen molar-refractivity contribution < 1.29 is 4.79 Å². The molecule has 3 rings (SSSR count). The van der Waals surface area contributed by atoms with Crippen molar-refractivity contribution in [1.29, 1.82) is 0 Å². The molecule has 1 heterocycles. The second-order valence-electron chi connectivity index (χ2n) is 5.92. The van der Waals surface area contributed by atoms with Crippen molar-refractivity contribution in [2.75, 3.05) is 6.54 Å². The highest BCUT2D eigenvalue weighted by Gasteiger charge is 2.32. The van der Waals surface area contributed by atoms with E-state index in [2.05, 4.69) is 22.4 Å². The number of benzene rings is 1. The quantitative estimate of drug-likeness (QED) is 0.896. The maximum atomic E-state index is 12.3. The Morgan fingerprint density at radius 1 is 1.40 bits per heavy atom. The van der Waals surface area contributed by atoms with Crippen molar-refractivity contribution >= 4 is 16.8 Å². The highest BCUT2D eigenvalue weighted by atomic mass is 16.1. The minimum absolute atomic E-state index is 0.0150. The first-order valence-electron chi connectivity index (χ1n) is 7.44. The zero-order valence-corrected chi connectivity index (χ0v) is 11.9. The van der Waals surface area contributed by atoms with Crippen LogP contribution in [0.15, 0.2) is 24.4 Å². The third-order valence-electron chi connectivity index (χ3n) is 4.74. The minimum atomic E-state index is 0.0150. The number of fused-ring (bicyclic) bond motifs is 1. The summed E-state index contributed by atoms with van der Waals surface area (Å²) in [5.74, 6) is 0.0150. The number of rotatable bonds is 4. The molecule has 106 valence electrons. The van der Waals surface area contributed by atoms with Gasteiger partial charge in [0.15, 0.2) is 0 Å². The van der Waals surface area contributed by atoms with E-state index in [1.807, 2.05) is 18.2 Å². The van der Waals surface area contributed by atoms with Crippen molar-refractivity contribution in [3.63, 3.8) is 0 Å². The van der Waals surface area contributed by atoms with Crippen LogP contribution in [0.3, 0.4) is 0 Å². The Morgan fingerprint density at radius 3 is 2.95 bits per heavy atom. The molecule has 1 aliphatic rings. The van der Waals surface area contributed by atoms with E-state index in [0.29, 0.717) is 11.0 Å². The fourth-order valence-electron chi connectivity index (χ4n) is 3.23. The smallest absolute Gasteiger partial charge is 0.251 e. The maximum absolute atomic E-state index is 12.3. The molecule has 20 heavy (non-hydrogen) atoms. The van der Waals surface area contributed by atoms with Gasteiger partial charge in [0.25, 0.3) is 5.91 Å². The summed E-state index contributed by atoms with van der Waals surface area (Å²) < 4.78 is 0. The van der Waals surface area contributed by atoms with Gasteiger partial charge in [-0.1, -0.05) is 25.8 Å². The molecule has 0 bridgehead atoms. The van der Waals surface area contributed by atoms with Crippen molar-refractivity contribution in [2.45, 2.75) is 39.0 Å². The number of H-pyrrole nitrogens is 1. The summed E-state index contributed by atoms with van der Waals surface area (Å²) in [4.78, 5) is 12.3. The molecule has 1 aliphatic carbocycles. The van der Waals surface area contributed by atoms with Crippen LogP contribution in [0.1, 0.15) is 49.4 Å². The van der Waals surface area contributed by atoms with Crippen LogP contribution in [0, 0.1) is 5.41 Å². The first kappa shape index (κ1) is 13.2. The van der Waals surface area contributed by atoms with Crippen LogP contribution in [-0.2, 0) is 0 Å². The van der Waals surface area contributed by atoms with Crippen LogP contribution >= 0.6 is 0 Å². The van der Waals surface area contributed by atoms with Gasteiger partial charge >= 0.3 is 0 Å². The molecule has 0 atom stereocenters. The SMILES string of the molecule is CCC1(CNC(=O)c2ccc3cn[nH]c3c2)CCCC1. The summed E-state index contributed by atoms with van der Waals surface area (Å²) in [5.41, 5.74) is 1.93. The lowest BCUT2D eigenvalue weighted by atomic mass is 9.83. The van der Waals surface area contributed by atoms with E-state index in [-0.39, 0.29) is 5.91 Å². The zero-order chi connectivity index (χ0) is 14.0. The molecule has 1 aromatic heterocycles. The summed E-state index contributed by atoms with van der Waals surface area (Å²) in [5, 5.41) is 11.0. The molecular weight excluding hydrogens is 250 g/mol. The van der Waals surface area contributed by atoms with Gasteiger partial charge in [0.2, 0.25) is 0 Å². The van der Waals surface area contributed by atoms with Crippen molar-refractivity contribution in [2.24, 2.45) is 5.41 Å². The van der Waals surface area contributed by atoms with Gasteiger partial charge < -0.3 is 5.32 Å². The molecule has 1 saturated carbocycles. The van der Waals surface area contributed by atoms with Crippen LogP contribution in [0.2, 0.25) is 0 Å². The number of carbonyl (C=O) groups is 1. The minimum Gasteiger partial charge on any atom is -0.351 e. The Labute approximate surface area is 119 Å². The molecular formula is C16H21N3O. The first-order valence-corrected chi connectivity index (χ1v) is 7.44. The van der Waals surface area contributed by atoms with Crippen LogP contribution in [0.25, 0.3) is 10.9 Å². The highest BCUT2D eigenvalue weighted by Crippen LogP contribution is 2.40. The molecule has 2 aromatic rings. The molecule has 0 radical (unpaired) electrons. The lowest BCUT2D eigenvalue weighted by Gasteiger charge is -2.27.